The molecule has 2 aromatic rings. The van der Waals surface area contributed by atoms with Crippen molar-refractivity contribution in [1.29, 1.82) is 0 Å². The van der Waals surface area contributed by atoms with Crippen LogP contribution in [-0.4, -0.2) is 42.8 Å². The summed E-state index contributed by atoms with van der Waals surface area (Å²) in [4.78, 5) is 12.5. The smallest absolute Gasteiger partial charge is 0.326 e. The third-order valence-corrected chi connectivity index (χ3v) is 6.06. The van der Waals surface area contributed by atoms with Crippen LogP contribution in [0, 0.1) is 10.1 Å². The van der Waals surface area contributed by atoms with Gasteiger partial charge in [0.05, 0.1) is 4.92 Å². The molecule has 8 nitrogen and oxygen atoms in total. The molecule has 0 aliphatic carbocycles. The summed E-state index contributed by atoms with van der Waals surface area (Å²) >= 11 is 0. The maximum Gasteiger partial charge on any atom is 0.326 e. The Balaban J connectivity index is 1.52. The van der Waals surface area contributed by atoms with Crippen molar-refractivity contribution < 1.29 is 14.0 Å². The first-order valence-corrected chi connectivity index (χ1v) is 11.7. The second-order valence-corrected chi connectivity index (χ2v) is 9.58. The fourth-order valence-corrected chi connectivity index (χ4v) is 4.52. The number of nitro groups is 1. The van der Waals surface area contributed by atoms with E-state index < -0.39 is 12.4 Å². The highest BCUT2D eigenvalue weighted by atomic mass is 31.2. The zero-order valence-electron chi connectivity index (χ0n) is 16.9. The summed E-state index contributed by atoms with van der Waals surface area (Å²) in [5.41, 5.74) is 2.23. The zero-order chi connectivity index (χ0) is 21.0. The van der Waals surface area contributed by atoms with E-state index in [1.807, 2.05) is 29.3 Å². The average molecular weight is 418 g/mol. The Bertz CT molecular complexity index is 878. The molecule has 1 unspecified atom stereocenters. The van der Waals surface area contributed by atoms with Crippen molar-refractivity contribution in [2.24, 2.45) is 0 Å². The van der Waals surface area contributed by atoms with Gasteiger partial charge in [-0.1, -0.05) is 26.0 Å². The highest BCUT2D eigenvalue weighted by molar-refractivity contribution is 7.56. The lowest BCUT2D eigenvalue weighted by Crippen LogP contribution is -2.51. The van der Waals surface area contributed by atoms with Crippen molar-refractivity contribution in [3.05, 3.63) is 64.2 Å². The zero-order valence-corrected chi connectivity index (χ0v) is 17.8. The molecule has 0 spiro atoms. The Labute approximate surface area is 171 Å². The van der Waals surface area contributed by atoms with Gasteiger partial charge in [0.25, 0.3) is 5.69 Å². The second kappa shape index (κ2) is 8.95. The molecule has 0 saturated carbocycles. The number of anilines is 1. The summed E-state index contributed by atoms with van der Waals surface area (Å²) in [5.74, 6) is 1.01. The van der Waals surface area contributed by atoms with E-state index in [2.05, 4.69) is 23.9 Å². The van der Waals surface area contributed by atoms with E-state index in [-0.39, 0.29) is 5.69 Å². The van der Waals surface area contributed by atoms with E-state index in [1.54, 1.807) is 18.8 Å². The van der Waals surface area contributed by atoms with Crippen molar-refractivity contribution in [3.8, 4) is 5.75 Å². The predicted molar refractivity (Wildman–Crippen MR) is 115 cm³/mol. The topological polar surface area (TPSA) is 88.0 Å². The maximum absolute atomic E-state index is 12.9. The van der Waals surface area contributed by atoms with Crippen LogP contribution in [0.5, 0.6) is 5.75 Å². The number of hydrogen-bond donors (Lipinski definition) is 1. The van der Waals surface area contributed by atoms with Crippen LogP contribution in [0.25, 0.3) is 0 Å². The summed E-state index contributed by atoms with van der Waals surface area (Å²) in [7, 11) is -3.05. The first-order valence-electron chi connectivity index (χ1n) is 9.63. The van der Waals surface area contributed by atoms with Crippen LogP contribution >= 0.6 is 7.52 Å². The molecule has 3 rings (SSSR count). The first-order chi connectivity index (χ1) is 13.7. The summed E-state index contributed by atoms with van der Waals surface area (Å²) in [6.07, 6.45) is 0. The number of benzene rings is 2. The normalized spacial score (nSPS) is 17.2. The Morgan fingerprint density at radius 3 is 2.14 bits per heavy atom. The molecule has 1 aliphatic rings. The lowest BCUT2D eigenvalue weighted by Gasteiger charge is -2.37. The second-order valence-electron chi connectivity index (χ2n) is 7.51. The molecule has 1 atom stereocenters. The maximum atomic E-state index is 12.9. The predicted octanol–water partition coefficient (Wildman–Crippen LogP) is 4.25. The SMILES string of the molecule is CC(C)c1ccc(OP(C)(=O)NN2CCN(c3ccc([N+](=O)[O-])cc3)CC2)cc1. The molecule has 0 aromatic heterocycles. The van der Waals surface area contributed by atoms with E-state index in [1.165, 1.54) is 17.7 Å². The van der Waals surface area contributed by atoms with Crippen molar-refractivity contribution >= 4 is 18.9 Å². The Hall–Kier alpha value is -2.41. The van der Waals surface area contributed by atoms with Crippen molar-refractivity contribution in [2.45, 2.75) is 19.8 Å². The minimum absolute atomic E-state index is 0.0829. The molecule has 0 bridgehead atoms. The number of rotatable bonds is 7. The highest BCUT2D eigenvalue weighted by Gasteiger charge is 2.25. The first kappa shape index (κ1) is 21.3. The number of nitrogens with zero attached hydrogens (tertiary/aromatic N) is 3. The van der Waals surface area contributed by atoms with Gasteiger partial charge in [0.2, 0.25) is 0 Å². The third kappa shape index (κ3) is 5.79. The van der Waals surface area contributed by atoms with E-state index >= 15 is 0 Å². The van der Waals surface area contributed by atoms with Crippen molar-refractivity contribution in [1.82, 2.24) is 10.2 Å². The van der Waals surface area contributed by atoms with Crippen molar-refractivity contribution in [2.75, 3.05) is 37.7 Å². The van der Waals surface area contributed by atoms with Gasteiger partial charge in [-0.15, -0.1) is 0 Å². The molecular formula is C20H27N4O4P. The standard InChI is InChI=1S/C20H27N4O4P/c1-16(2)17-4-10-20(11-5-17)28-29(3,27)21-23-14-12-22(13-15-23)18-6-8-19(9-7-18)24(25)26/h4-11,16H,12-15H2,1-3H3,(H,21,27). The molecule has 1 fully saturated rings. The van der Waals surface area contributed by atoms with Crippen LogP contribution in [0.3, 0.4) is 0 Å². The van der Waals surface area contributed by atoms with Crippen LogP contribution in [0.15, 0.2) is 48.5 Å². The van der Waals surface area contributed by atoms with E-state index in [9.17, 15) is 14.7 Å². The quantitative estimate of drug-likeness (QED) is 0.409. The van der Waals surface area contributed by atoms with E-state index in [4.69, 9.17) is 4.52 Å². The summed E-state index contributed by atoms with van der Waals surface area (Å²) in [6.45, 7) is 8.57. The number of hydrazine groups is 1. The Morgan fingerprint density at radius 1 is 1.03 bits per heavy atom. The number of hydrogen-bond acceptors (Lipinski definition) is 6. The summed E-state index contributed by atoms with van der Waals surface area (Å²) in [5, 5.41) is 15.7. The number of non-ortho nitro benzene ring substituents is 1. The number of piperazine rings is 1. The monoisotopic (exact) mass is 418 g/mol. The number of nitrogens with one attached hydrogen (secondary N) is 1. The van der Waals surface area contributed by atoms with Crippen LogP contribution in [0.4, 0.5) is 11.4 Å². The average Bonchev–Trinajstić information content (AvgIpc) is 2.68. The van der Waals surface area contributed by atoms with E-state index in [0.29, 0.717) is 37.8 Å². The number of nitro benzene ring substituents is 1. The van der Waals surface area contributed by atoms with Crippen LogP contribution < -0.4 is 14.6 Å². The summed E-state index contributed by atoms with van der Waals surface area (Å²) in [6, 6.07) is 14.2. The molecular weight excluding hydrogens is 391 g/mol. The summed E-state index contributed by atoms with van der Waals surface area (Å²) < 4.78 is 18.6. The van der Waals surface area contributed by atoms with Gasteiger partial charge in [-0.05, 0) is 35.7 Å². The lowest BCUT2D eigenvalue weighted by molar-refractivity contribution is -0.384. The van der Waals surface area contributed by atoms with Gasteiger partial charge in [0, 0.05) is 50.7 Å². The van der Waals surface area contributed by atoms with Gasteiger partial charge in [-0.25, -0.2) is 5.01 Å². The molecule has 0 amide bonds. The highest BCUT2D eigenvalue weighted by Crippen LogP contribution is 2.39. The molecule has 0 radical (unpaired) electrons. The van der Waals surface area contributed by atoms with Crippen LogP contribution in [-0.2, 0) is 4.57 Å². The molecule has 1 N–H and O–H groups in total. The van der Waals surface area contributed by atoms with E-state index in [0.717, 1.165) is 5.69 Å². The fraction of sp³-hybridized carbons (Fsp3) is 0.400. The van der Waals surface area contributed by atoms with Gasteiger partial charge in [-0.2, -0.15) is 5.20 Å². The van der Waals surface area contributed by atoms with Crippen LogP contribution in [0.1, 0.15) is 25.3 Å². The largest absolute Gasteiger partial charge is 0.432 e. The van der Waals surface area contributed by atoms with Crippen molar-refractivity contribution in [3.63, 3.8) is 0 Å². The molecule has 29 heavy (non-hydrogen) atoms. The van der Waals surface area contributed by atoms with Gasteiger partial charge < -0.3 is 9.42 Å². The van der Waals surface area contributed by atoms with Crippen LogP contribution in [0.2, 0.25) is 0 Å². The molecule has 1 heterocycles. The van der Waals surface area contributed by atoms with Gasteiger partial charge in [-0.3, -0.25) is 14.7 Å². The molecule has 1 saturated heterocycles. The van der Waals surface area contributed by atoms with Gasteiger partial charge >= 0.3 is 7.52 Å². The molecule has 9 heteroatoms. The molecule has 1 aliphatic heterocycles. The Kier molecular flexibility index (Phi) is 6.57. The third-order valence-electron chi connectivity index (χ3n) is 4.85. The minimum Gasteiger partial charge on any atom is -0.432 e. The van der Waals surface area contributed by atoms with Gasteiger partial charge in [0.15, 0.2) is 0 Å². The minimum atomic E-state index is -3.05. The molecule has 156 valence electrons. The lowest BCUT2D eigenvalue weighted by atomic mass is 10.0. The molecule has 2 aromatic carbocycles. The van der Waals surface area contributed by atoms with Gasteiger partial charge in [0.1, 0.15) is 5.75 Å². The fourth-order valence-electron chi connectivity index (χ4n) is 3.24. The Morgan fingerprint density at radius 2 is 1.62 bits per heavy atom.